The molecule has 6 heteroatoms. The number of nitrogens with one attached hydrogen (secondary N) is 1. The van der Waals surface area contributed by atoms with Crippen LogP contribution in [0.25, 0.3) is 0 Å². The van der Waals surface area contributed by atoms with Crippen LogP contribution in [-0.2, 0) is 14.3 Å². The third kappa shape index (κ3) is 43.9. The molecule has 0 saturated carbocycles. The molecule has 0 aliphatic heterocycles. The third-order valence-corrected chi connectivity index (χ3v) is 11.7. The number of carbonyl (C=O) groups excluding carboxylic acids is 2. The highest BCUT2D eigenvalue weighted by Crippen LogP contribution is 2.17. The average Bonchev–Trinajstić information content (AvgIpc) is 3.26. The van der Waals surface area contributed by atoms with Crippen LogP contribution in [0.5, 0.6) is 0 Å². The lowest BCUT2D eigenvalue weighted by Crippen LogP contribution is -2.46. The van der Waals surface area contributed by atoms with Crippen molar-refractivity contribution < 1.29 is 24.5 Å². The fraction of sp³-hybridized carbons (Fsp3) is 0.750. The Bertz CT molecular complexity index is 1150. The molecule has 3 atom stereocenters. The van der Waals surface area contributed by atoms with E-state index in [9.17, 15) is 19.8 Å². The molecule has 0 aliphatic rings. The van der Waals surface area contributed by atoms with Gasteiger partial charge in [0, 0.05) is 6.42 Å². The summed E-state index contributed by atoms with van der Waals surface area (Å²) in [6.45, 7) is 6.32. The Morgan fingerprint density at radius 2 is 0.871 bits per heavy atom. The van der Waals surface area contributed by atoms with Gasteiger partial charge in [0.15, 0.2) is 0 Å². The molecular formula is C56H99NO5. The summed E-state index contributed by atoms with van der Waals surface area (Å²) in [5.41, 5.74) is 0. The van der Waals surface area contributed by atoms with Crippen molar-refractivity contribution in [1.82, 2.24) is 5.32 Å². The zero-order valence-corrected chi connectivity index (χ0v) is 40.7. The first-order valence-electron chi connectivity index (χ1n) is 26.2. The minimum atomic E-state index is -0.808. The van der Waals surface area contributed by atoms with Gasteiger partial charge in [0.25, 0.3) is 0 Å². The van der Waals surface area contributed by atoms with Crippen LogP contribution in [0.15, 0.2) is 72.9 Å². The molecule has 0 aromatic rings. The number of aliphatic hydroxyl groups is 2. The van der Waals surface area contributed by atoms with E-state index in [1.165, 1.54) is 141 Å². The van der Waals surface area contributed by atoms with Crippen molar-refractivity contribution in [3.8, 4) is 0 Å². The van der Waals surface area contributed by atoms with E-state index in [4.69, 9.17) is 4.74 Å². The van der Waals surface area contributed by atoms with Gasteiger partial charge in [-0.3, -0.25) is 9.59 Å². The lowest BCUT2D eigenvalue weighted by molar-refractivity contribution is -0.151. The Morgan fingerprint density at radius 1 is 0.484 bits per heavy atom. The van der Waals surface area contributed by atoms with Crippen LogP contribution in [-0.4, -0.2) is 46.9 Å². The lowest BCUT2D eigenvalue weighted by atomic mass is 10.0. The molecule has 0 fully saturated rings. The summed E-state index contributed by atoms with van der Waals surface area (Å²) in [7, 11) is 0. The minimum Gasteiger partial charge on any atom is -0.462 e. The number of hydrogen-bond donors (Lipinski definition) is 3. The average molecular weight is 866 g/mol. The maximum absolute atomic E-state index is 13.2. The number of esters is 1. The van der Waals surface area contributed by atoms with Crippen LogP contribution in [0.2, 0.25) is 0 Å². The first kappa shape index (κ1) is 59.3. The van der Waals surface area contributed by atoms with Crippen LogP contribution in [0.3, 0.4) is 0 Å². The van der Waals surface area contributed by atoms with Crippen molar-refractivity contribution in [2.75, 3.05) is 6.61 Å². The molecule has 358 valence electrons. The molecule has 0 aliphatic carbocycles. The van der Waals surface area contributed by atoms with Gasteiger partial charge in [-0.15, -0.1) is 0 Å². The highest BCUT2D eigenvalue weighted by Gasteiger charge is 2.24. The summed E-state index contributed by atoms with van der Waals surface area (Å²) in [5, 5.41) is 23.7. The summed E-state index contributed by atoms with van der Waals surface area (Å²) in [6.07, 6.45) is 62.5. The predicted molar refractivity (Wildman–Crippen MR) is 268 cm³/mol. The number of unbranched alkanes of at least 4 members (excludes halogenated alkanes) is 27. The van der Waals surface area contributed by atoms with Crippen molar-refractivity contribution in [2.24, 2.45) is 0 Å². The third-order valence-electron chi connectivity index (χ3n) is 11.7. The van der Waals surface area contributed by atoms with E-state index in [1.807, 2.05) is 60.8 Å². The zero-order valence-electron chi connectivity index (χ0n) is 40.7. The van der Waals surface area contributed by atoms with Crippen molar-refractivity contribution in [3.05, 3.63) is 72.9 Å². The van der Waals surface area contributed by atoms with Gasteiger partial charge in [-0.25, -0.2) is 0 Å². The maximum Gasteiger partial charge on any atom is 0.306 e. The standard InChI is InChI=1S/C56H99NO5/c1-4-7-10-13-16-19-22-24-26-27-29-31-34-37-40-43-46-49-56(61)62-52(47-44-41-38-35-33-30-28-25-23-20-17-14-11-8-5-2)50-55(60)57-53(51-58)54(59)48-45-42-39-36-32-21-18-15-12-9-6-3/h8,11,14,17,20,23,25,28,30,33,35,38,52-54,58-59H,4-7,9-10,12-13,15-16,18-19,21-22,24,26-27,29,31-32,34,36-37,39-51H2,1-3H3,(H,57,60)/b11-8-,17-14+,23-20+,28-25-,33-30+,38-35+. The number of allylic oxidation sites excluding steroid dienone is 12. The minimum absolute atomic E-state index is 0.0263. The van der Waals surface area contributed by atoms with Gasteiger partial charge in [-0.2, -0.15) is 0 Å². The molecule has 3 unspecified atom stereocenters. The first-order chi connectivity index (χ1) is 30.5. The van der Waals surface area contributed by atoms with Crippen LogP contribution in [0.1, 0.15) is 245 Å². The Kier molecular flexibility index (Phi) is 47.2. The highest BCUT2D eigenvalue weighted by molar-refractivity contribution is 5.77. The molecule has 0 spiro atoms. The maximum atomic E-state index is 13.2. The fourth-order valence-corrected chi connectivity index (χ4v) is 7.76. The molecule has 0 aromatic carbocycles. The zero-order chi connectivity index (χ0) is 45.2. The van der Waals surface area contributed by atoms with Gasteiger partial charge in [0.1, 0.15) is 6.10 Å². The SMILES string of the molecule is CC\C=C/C=C/C=C/C=C\C=C\C=C\CCCC(CC(=O)NC(CO)C(O)CCCCCCCCCCCCC)OC(=O)CCCCCCCCCCCCCCCCCCC. The van der Waals surface area contributed by atoms with Crippen LogP contribution in [0, 0.1) is 0 Å². The Morgan fingerprint density at radius 3 is 1.29 bits per heavy atom. The molecule has 3 N–H and O–H groups in total. The number of carbonyl (C=O) groups is 2. The van der Waals surface area contributed by atoms with E-state index in [0.29, 0.717) is 19.3 Å². The van der Waals surface area contributed by atoms with E-state index >= 15 is 0 Å². The summed E-state index contributed by atoms with van der Waals surface area (Å²) in [5.74, 6) is -0.545. The van der Waals surface area contributed by atoms with Gasteiger partial charge in [-0.1, -0.05) is 267 Å². The van der Waals surface area contributed by atoms with Crippen molar-refractivity contribution >= 4 is 11.9 Å². The van der Waals surface area contributed by atoms with E-state index in [-0.39, 0.29) is 24.9 Å². The quantitative estimate of drug-likeness (QED) is 0.0322. The predicted octanol–water partition coefficient (Wildman–Crippen LogP) is 15.8. The number of rotatable bonds is 46. The van der Waals surface area contributed by atoms with Crippen LogP contribution in [0.4, 0.5) is 0 Å². The molecule has 62 heavy (non-hydrogen) atoms. The molecule has 0 radical (unpaired) electrons. The first-order valence-corrected chi connectivity index (χ1v) is 26.2. The van der Waals surface area contributed by atoms with Crippen LogP contribution >= 0.6 is 0 Å². The van der Waals surface area contributed by atoms with E-state index in [0.717, 1.165) is 57.8 Å². The van der Waals surface area contributed by atoms with Gasteiger partial charge in [-0.05, 0) is 38.5 Å². The topological polar surface area (TPSA) is 95.9 Å². The monoisotopic (exact) mass is 866 g/mol. The van der Waals surface area contributed by atoms with Crippen molar-refractivity contribution in [2.45, 2.75) is 264 Å². The van der Waals surface area contributed by atoms with Gasteiger partial charge in [0.05, 0.1) is 25.2 Å². The molecular weight excluding hydrogens is 767 g/mol. The molecule has 0 rings (SSSR count). The second-order valence-electron chi connectivity index (χ2n) is 17.7. The summed E-state index contributed by atoms with van der Waals surface area (Å²) >= 11 is 0. The molecule has 0 aromatic heterocycles. The molecule has 6 nitrogen and oxygen atoms in total. The number of hydrogen-bond acceptors (Lipinski definition) is 5. The summed E-state index contributed by atoms with van der Waals surface area (Å²) < 4.78 is 5.90. The Labute approximate surface area is 383 Å². The van der Waals surface area contributed by atoms with E-state index < -0.39 is 18.2 Å². The van der Waals surface area contributed by atoms with Gasteiger partial charge < -0.3 is 20.3 Å². The van der Waals surface area contributed by atoms with Gasteiger partial charge >= 0.3 is 5.97 Å². The summed E-state index contributed by atoms with van der Waals surface area (Å²) in [4.78, 5) is 26.1. The van der Waals surface area contributed by atoms with Crippen molar-refractivity contribution in [3.63, 3.8) is 0 Å². The van der Waals surface area contributed by atoms with Crippen molar-refractivity contribution in [1.29, 1.82) is 0 Å². The van der Waals surface area contributed by atoms with Crippen LogP contribution < -0.4 is 5.32 Å². The highest BCUT2D eigenvalue weighted by atomic mass is 16.5. The molecule has 0 saturated heterocycles. The normalized spacial score (nSPS) is 13.8. The second-order valence-corrected chi connectivity index (χ2v) is 17.7. The lowest BCUT2D eigenvalue weighted by Gasteiger charge is -2.24. The second kappa shape index (κ2) is 49.3. The molecule has 0 heterocycles. The number of amides is 1. The number of ether oxygens (including phenoxy) is 1. The molecule has 0 bridgehead atoms. The van der Waals surface area contributed by atoms with E-state index in [1.54, 1.807) is 0 Å². The molecule has 1 amide bonds. The number of aliphatic hydroxyl groups excluding tert-OH is 2. The Hall–Kier alpha value is -2.70. The Balaban J connectivity index is 4.68. The fourth-order valence-electron chi connectivity index (χ4n) is 7.76. The van der Waals surface area contributed by atoms with E-state index in [2.05, 4.69) is 38.2 Å². The largest absolute Gasteiger partial charge is 0.462 e. The smallest absolute Gasteiger partial charge is 0.306 e. The summed E-state index contributed by atoms with van der Waals surface area (Å²) in [6, 6.07) is -0.726. The van der Waals surface area contributed by atoms with Gasteiger partial charge in [0.2, 0.25) is 5.91 Å².